The second-order valence-electron chi connectivity index (χ2n) is 3.53. The van der Waals surface area contributed by atoms with Gasteiger partial charge in [0.15, 0.2) is 0 Å². The maximum Gasteiger partial charge on any atom is 0.0874 e. The van der Waals surface area contributed by atoms with E-state index in [0.29, 0.717) is 0 Å². The number of rotatable bonds is 2. The highest BCUT2D eigenvalue weighted by molar-refractivity contribution is 5.30. The van der Waals surface area contributed by atoms with Gasteiger partial charge >= 0.3 is 0 Å². The number of ether oxygens (including phenoxy) is 1. The van der Waals surface area contributed by atoms with Gasteiger partial charge in [0.1, 0.15) is 0 Å². The highest BCUT2D eigenvalue weighted by atomic mass is 16.5. The average molecular weight is 194 g/mol. The van der Waals surface area contributed by atoms with E-state index in [2.05, 4.69) is 32.9 Å². The summed E-state index contributed by atoms with van der Waals surface area (Å²) in [5, 5.41) is 0. The lowest BCUT2D eigenvalue weighted by molar-refractivity contribution is 0.0187. The zero-order valence-electron chi connectivity index (χ0n) is 10.2. The molecule has 1 aromatic rings. The summed E-state index contributed by atoms with van der Waals surface area (Å²) in [5.74, 6) is 0. The van der Waals surface area contributed by atoms with Gasteiger partial charge in [0.25, 0.3) is 0 Å². The third kappa shape index (κ3) is 3.15. The van der Waals surface area contributed by atoms with E-state index in [-0.39, 0.29) is 5.60 Å². The van der Waals surface area contributed by atoms with Crippen LogP contribution in [0.15, 0.2) is 24.3 Å². The van der Waals surface area contributed by atoms with Crippen LogP contribution < -0.4 is 0 Å². The van der Waals surface area contributed by atoms with Crippen LogP contribution >= 0.6 is 0 Å². The Morgan fingerprint density at radius 2 is 1.57 bits per heavy atom. The second kappa shape index (κ2) is 5.82. The molecule has 0 fully saturated rings. The number of benzene rings is 1. The summed E-state index contributed by atoms with van der Waals surface area (Å²) < 4.78 is 5.40. The van der Waals surface area contributed by atoms with Crippen LogP contribution in [-0.4, -0.2) is 7.11 Å². The van der Waals surface area contributed by atoms with Gasteiger partial charge in [-0.1, -0.05) is 38.1 Å². The summed E-state index contributed by atoms with van der Waals surface area (Å²) in [6.45, 7) is 10.3. The largest absolute Gasteiger partial charge is 0.374 e. The number of hydrogen-bond acceptors (Lipinski definition) is 1. The molecule has 80 valence electrons. The minimum absolute atomic E-state index is 0.175. The summed E-state index contributed by atoms with van der Waals surface area (Å²) in [6, 6.07) is 8.31. The Kier molecular flexibility index (Phi) is 5.47. The molecule has 0 spiro atoms. The van der Waals surface area contributed by atoms with Gasteiger partial charge in [0.2, 0.25) is 0 Å². The van der Waals surface area contributed by atoms with E-state index in [9.17, 15) is 0 Å². The molecule has 1 nitrogen and oxygen atoms in total. The fourth-order valence-electron chi connectivity index (χ4n) is 1.36. The van der Waals surface area contributed by atoms with Crippen molar-refractivity contribution in [3.63, 3.8) is 0 Å². The van der Waals surface area contributed by atoms with E-state index in [1.807, 2.05) is 26.0 Å². The van der Waals surface area contributed by atoms with Gasteiger partial charge < -0.3 is 4.74 Å². The molecule has 0 saturated heterocycles. The summed E-state index contributed by atoms with van der Waals surface area (Å²) in [6.07, 6.45) is 0. The Hall–Kier alpha value is -0.820. The van der Waals surface area contributed by atoms with Crippen molar-refractivity contribution in [3.8, 4) is 0 Å². The number of hydrogen-bond donors (Lipinski definition) is 0. The molecule has 0 N–H and O–H groups in total. The molecule has 1 heteroatoms. The average Bonchev–Trinajstić information content (AvgIpc) is 2.21. The molecule has 0 atom stereocenters. The predicted molar refractivity (Wildman–Crippen MR) is 62.6 cm³/mol. The second-order valence-corrected chi connectivity index (χ2v) is 3.53. The first-order valence-electron chi connectivity index (χ1n) is 5.19. The topological polar surface area (TPSA) is 9.23 Å². The van der Waals surface area contributed by atoms with E-state index in [1.54, 1.807) is 7.11 Å². The van der Waals surface area contributed by atoms with E-state index >= 15 is 0 Å². The van der Waals surface area contributed by atoms with Crippen LogP contribution in [0.25, 0.3) is 0 Å². The number of aryl methyl sites for hydroxylation is 1. The monoisotopic (exact) mass is 194 g/mol. The van der Waals surface area contributed by atoms with Crippen molar-refractivity contribution in [1.29, 1.82) is 0 Å². The van der Waals surface area contributed by atoms with Gasteiger partial charge in [-0.3, -0.25) is 0 Å². The van der Waals surface area contributed by atoms with E-state index < -0.39 is 0 Å². The van der Waals surface area contributed by atoms with Gasteiger partial charge in [0, 0.05) is 7.11 Å². The molecule has 0 aliphatic heterocycles. The molecular weight excluding hydrogens is 172 g/mol. The van der Waals surface area contributed by atoms with Gasteiger partial charge in [-0.2, -0.15) is 0 Å². The summed E-state index contributed by atoms with van der Waals surface area (Å²) in [4.78, 5) is 0. The first-order chi connectivity index (χ1) is 6.58. The molecule has 1 rings (SSSR count). The van der Waals surface area contributed by atoms with Crippen molar-refractivity contribution < 1.29 is 4.74 Å². The third-order valence-electron chi connectivity index (χ3n) is 2.30. The zero-order valence-corrected chi connectivity index (χ0v) is 10.2. The van der Waals surface area contributed by atoms with Crippen molar-refractivity contribution in [2.24, 2.45) is 0 Å². The molecule has 0 aliphatic carbocycles. The molecule has 0 aromatic heterocycles. The summed E-state index contributed by atoms with van der Waals surface area (Å²) in [7, 11) is 1.74. The predicted octanol–water partition coefficient (Wildman–Crippen LogP) is 3.90. The Balaban J connectivity index is 0.000000791. The fourth-order valence-corrected chi connectivity index (χ4v) is 1.36. The van der Waals surface area contributed by atoms with Crippen LogP contribution in [-0.2, 0) is 10.3 Å². The first-order valence-corrected chi connectivity index (χ1v) is 5.19. The van der Waals surface area contributed by atoms with Crippen LogP contribution in [0.3, 0.4) is 0 Å². The van der Waals surface area contributed by atoms with Crippen molar-refractivity contribution in [3.05, 3.63) is 35.4 Å². The number of methoxy groups -OCH3 is 1. The van der Waals surface area contributed by atoms with Crippen molar-refractivity contribution in [2.45, 2.75) is 40.2 Å². The molecular formula is C13H22O. The highest BCUT2D eigenvalue weighted by Crippen LogP contribution is 2.26. The SMILES string of the molecule is CC.COC(C)(C)c1ccccc1C. The Labute approximate surface area is 88.1 Å². The Bertz CT molecular complexity index is 264. The molecule has 0 unspecified atom stereocenters. The lowest BCUT2D eigenvalue weighted by Gasteiger charge is -2.25. The molecule has 0 radical (unpaired) electrons. The Morgan fingerprint density at radius 3 is 2.00 bits per heavy atom. The van der Waals surface area contributed by atoms with Gasteiger partial charge in [-0.05, 0) is 31.9 Å². The maximum atomic E-state index is 5.40. The van der Waals surface area contributed by atoms with Gasteiger partial charge in [-0.15, -0.1) is 0 Å². The molecule has 0 amide bonds. The highest BCUT2D eigenvalue weighted by Gasteiger charge is 2.20. The minimum atomic E-state index is -0.175. The molecule has 0 heterocycles. The fraction of sp³-hybridized carbons (Fsp3) is 0.538. The van der Waals surface area contributed by atoms with Crippen molar-refractivity contribution in [2.75, 3.05) is 7.11 Å². The smallest absolute Gasteiger partial charge is 0.0874 e. The van der Waals surface area contributed by atoms with Crippen molar-refractivity contribution >= 4 is 0 Å². The normalized spacial score (nSPS) is 10.4. The molecule has 0 aliphatic rings. The van der Waals surface area contributed by atoms with Crippen molar-refractivity contribution in [1.82, 2.24) is 0 Å². The lowest BCUT2D eigenvalue weighted by Crippen LogP contribution is -2.20. The molecule has 1 aromatic carbocycles. The van der Waals surface area contributed by atoms with Crippen LogP contribution in [0.2, 0.25) is 0 Å². The van der Waals surface area contributed by atoms with Gasteiger partial charge in [0.05, 0.1) is 5.60 Å². The maximum absolute atomic E-state index is 5.40. The van der Waals surface area contributed by atoms with E-state index in [0.717, 1.165) is 0 Å². The quantitative estimate of drug-likeness (QED) is 0.693. The third-order valence-corrected chi connectivity index (χ3v) is 2.30. The molecule has 0 saturated carbocycles. The van der Waals surface area contributed by atoms with Crippen LogP contribution in [0.1, 0.15) is 38.8 Å². The molecule has 0 bridgehead atoms. The standard InChI is InChI=1S/C11H16O.C2H6/c1-9-7-5-6-8-10(9)11(2,3)12-4;1-2/h5-8H,1-4H3;1-2H3. The molecule has 14 heavy (non-hydrogen) atoms. The van der Waals surface area contributed by atoms with E-state index in [4.69, 9.17) is 4.74 Å². The van der Waals surface area contributed by atoms with Crippen LogP contribution in [0.4, 0.5) is 0 Å². The van der Waals surface area contributed by atoms with Crippen LogP contribution in [0, 0.1) is 6.92 Å². The van der Waals surface area contributed by atoms with Gasteiger partial charge in [-0.25, -0.2) is 0 Å². The Morgan fingerprint density at radius 1 is 1.07 bits per heavy atom. The minimum Gasteiger partial charge on any atom is -0.374 e. The van der Waals surface area contributed by atoms with Crippen LogP contribution in [0.5, 0.6) is 0 Å². The summed E-state index contributed by atoms with van der Waals surface area (Å²) >= 11 is 0. The zero-order chi connectivity index (χ0) is 11.2. The lowest BCUT2D eigenvalue weighted by atomic mass is 9.94. The van der Waals surface area contributed by atoms with E-state index in [1.165, 1.54) is 11.1 Å². The summed E-state index contributed by atoms with van der Waals surface area (Å²) in [5.41, 5.74) is 2.36. The first kappa shape index (κ1) is 13.2.